The van der Waals surface area contributed by atoms with Gasteiger partial charge in [-0.2, -0.15) is 0 Å². The predicted octanol–water partition coefficient (Wildman–Crippen LogP) is 4.24. The van der Waals surface area contributed by atoms with Crippen LogP contribution in [-0.2, 0) is 0 Å². The van der Waals surface area contributed by atoms with Crippen LogP contribution in [0.15, 0.2) is 39.8 Å². The average molecular weight is 333 g/mol. The maximum atomic E-state index is 10.4. The first-order valence-electron chi connectivity index (χ1n) is 4.03. The molecule has 0 aliphatic heterocycles. The largest absolute Gasteiger partial charge is 0.269 e. The summed E-state index contributed by atoms with van der Waals surface area (Å²) in [6, 6.07) is 6.36. The van der Waals surface area contributed by atoms with Crippen molar-refractivity contribution in [2.24, 2.45) is 0 Å². The first kappa shape index (κ1) is 12.1. The average Bonchev–Trinajstić information content (AvgIpc) is 2.18. The Hall–Kier alpha value is -0.940. The fourth-order valence-electron chi connectivity index (χ4n) is 0.939. The molecule has 1 aromatic rings. The van der Waals surface area contributed by atoms with Crippen molar-refractivity contribution >= 4 is 43.6 Å². The summed E-state index contributed by atoms with van der Waals surface area (Å²) >= 11 is 6.43. The lowest BCUT2D eigenvalue weighted by Crippen LogP contribution is -1.86. The van der Waals surface area contributed by atoms with E-state index in [1.807, 2.05) is 18.2 Å². The second-order valence-electron chi connectivity index (χ2n) is 2.66. The van der Waals surface area contributed by atoms with Crippen molar-refractivity contribution in [1.82, 2.24) is 0 Å². The molecule has 0 aliphatic rings. The van der Waals surface area contributed by atoms with Crippen LogP contribution in [0.1, 0.15) is 5.56 Å². The van der Waals surface area contributed by atoms with Crippen LogP contribution in [0.2, 0.25) is 0 Å². The molecule has 78 valence electrons. The van der Waals surface area contributed by atoms with E-state index < -0.39 is 4.92 Å². The van der Waals surface area contributed by atoms with E-state index in [1.165, 1.54) is 12.1 Å². The highest BCUT2D eigenvalue weighted by Crippen LogP contribution is 2.15. The molecule has 15 heavy (non-hydrogen) atoms. The number of hydrogen-bond acceptors (Lipinski definition) is 2. The molecular weight excluding hydrogens is 326 g/mol. The molecule has 0 spiro atoms. The number of non-ortho nitro benzene ring substituents is 1. The van der Waals surface area contributed by atoms with Crippen molar-refractivity contribution in [2.45, 2.75) is 0 Å². The van der Waals surface area contributed by atoms with Gasteiger partial charge in [0.15, 0.2) is 0 Å². The number of nitro benzene ring substituents is 1. The molecule has 3 nitrogen and oxygen atoms in total. The Morgan fingerprint density at radius 2 is 1.87 bits per heavy atom. The zero-order chi connectivity index (χ0) is 11.3. The van der Waals surface area contributed by atoms with Crippen molar-refractivity contribution in [3.63, 3.8) is 0 Å². The van der Waals surface area contributed by atoms with E-state index in [0.29, 0.717) is 0 Å². The van der Waals surface area contributed by atoms with Gasteiger partial charge in [0, 0.05) is 12.1 Å². The summed E-state index contributed by atoms with van der Waals surface area (Å²) in [4.78, 5) is 9.97. The summed E-state index contributed by atoms with van der Waals surface area (Å²) < 4.78 is 0.841. The molecule has 0 heterocycles. The van der Waals surface area contributed by atoms with Gasteiger partial charge in [-0.1, -0.05) is 12.2 Å². The normalized spacial score (nSPS) is 10.3. The molecule has 0 aromatic heterocycles. The van der Waals surface area contributed by atoms with Gasteiger partial charge in [-0.15, -0.1) is 0 Å². The Morgan fingerprint density at radius 1 is 1.27 bits per heavy atom. The van der Waals surface area contributed by atoms with Crippen LogP contribution in [0.25, 0.3) is 6.08 Å². The second-order valence-corrected chi connectivity index (χ2v) is 5.44. The van der Waals surface area contributed by atoms with Gasteiger partial charge in [0.1, 0.15) is 0 Å². The molecule has 0 radical (unpaired) electrons. The predicted molar refractivity (Wildman–Crippen MR) is 68.1 cm³/mol. The second kappa shape index (κ2) is 5.82. The Morgan fingerprint density at radius 3 is 2.33 bits per heavy atom. The molecule has 1 aromatic carbocycles. The minimum atomic E-state index is -0.414. The number of nitro groups is 1. The Kier molecular flexibility index (Phi) is 4.71. The molecule has 0 saturated carbocycles. The van der Waals surface area contributed by atoms with Gasteiger partial charge >= 0.3 is 0 Å². The summed E-state index contributed by atoms with van der Waals surface area (Å²) in [6.07, 6.45) is 5.51. The highest BCUT2D eigenvalue weighted by Gasteiger charge is 2.01. The zero-order valence-electron chi connectivity index (χ0n) is 7.56. The van der Waals surface area contributed by atoms with Crippen molar-refractivity contribution in [3.05, 3.63) is 55.5 Å². The van der Waals surface area contributed by atoms with Gasteiger partial charge in [-0.25, -0.2) is 0 Å². The molecule has 0 atom stereocenters. The van der Waals surface area contributed by atoms with Crippen LogP contribution < -0.4 is 0 Å². The number of nitrogens with zero attached hydrogens (tertiary/aromatic N) is 1. The number of rotatable bonds is 3. The lowest BCUT2D eigenvalue weighted by molar-refractivity contribution is -0.384. The van der Waals surface area contributed by atoms with Crippen LogP contribution in [0.4, 0.5) is 5.69 Å². The molecule has 0 saturated heterocycles. The topological polar surface area (TPSA) is 43.1 Å². The van der Waals surface area contributed by atoms with Gasteiger partial charge in [0.25, 0.3) is 5.69 Å². The van der Waals surface area contributed by atoms with Gasteiger partial charge in [-0.05, 0) is 55.6 Å². The van der Waals surface area contributed by atoms with Crippen molar-refractivity contribution < 1.29 is 4.92 Å². The molecule has 0 unspecified atom stereocenters. The zero-order valence-corrected chi connectivity index (χ0v) is 10.7. The third-order valence-electron chi connectivity index (χ3n) is 1.61. The minimum absolute atomic E-state index is 0.101. The molecule has 0 bridgehead atoms. The van der Waals surface area contributed by atoms with Crippen LogP contribution in [-0.4, -0.2) is 4.92 Å². The Labute approximate surface area is 104 Å². The number of hydrogen-bond donors (Lipinski definition) is 0. The highest BCUT2D eigenvalue weighted by molar-refractivity contribution is 9.28. The molecule has 0 N–H and O–H groups in total. The quantitative estimate of drug-likeness (QED) is 0.472. The first-order chi connectivity index (χ1) is 7.09. The molecule has 5 heteroatoms. The standard InChI is InChI=1S/C10H7Br2NO2/c11-10(12)3-1-2-8-4-6-9(7-5-8)13(14)15/h1-7H/b2-1+. The smallest absolute Gasteiger partial charge is 0.258 e. The molecular formula is C10H7Br2NO2. The van der Waals surface area contributed by atoms with Gasteiger partial charge in [0.05, 0.1) is 8.31 Å². The summed E-state index contributed by atoms with van der Waals surface area (Å²) in [7, 11) is 0. The molecule has 1 rings (SSSR count). The fourth-order valence-corrected chi connectivity index (χ4v) is 1.24. The van der Waals surface area contributed by atoms with Gasteiger partial charge in [-0.3, -0.25) is 10.1 Å². The highest BCUT2D eigenvalue weighted by atomic mass is 79.9. The molecule has 0 amide bonds. The summed E-state index contributed by atoms with van der Waals surface area (Å²) in [5, 5.41) is 10.4. The maximum absolute atomic E-state index is 10.4. The third kappa shape index (κ3) is 4.40. The van der Waals surface area contributed by atoms with E-state index in [9.17, 15) is 10.1 Å². The third-order valence-corrected chi connectivity index (χ3v) is 2.14. The minimum Gasteiger partial charge on any atom is -0.258 e. The summed E-state index contributed by atoms with van der Waals surface area (Å²) in [6.45, 7) is 0. The monoisotopic (exact) mass is 331 g/mol. The lowest BCUT2D eigenvalue weighted by atomic mass is 10.2. The SMILES string of the molecule is O=[N+]([O-])c1ccc(/C=C/C=C(Br)Br)cc1. The van der Waals surface area contributed by atoms with E-state index in [2.05, 4.69) is 31.9 Å². The fraction of sp³-hybridized carbons (Fsp3) is 0. The van der Waals surface area contributed by atoms with Crippen molar-refractivity contribution in [3.8, 4) is 0 Å². The van der Waals surface area contributed by atoms with Gasteiger partial charge < -0.3 is 0 Å². The van der Waals surface area contributed by atoms with Gasteiger partial charge in [0.2, 0.25) is 0 Å². The van der Waals surface area contributed by atoms with Crippen LogP contribution in [0.5, 0.6) is 0 Å². The van der Waals surface area contributed by atoms with E-state index >= 15 is 0 Å². The Balaban J connectivity index is 2.77. The first-order valence-corrected chi connectivity index (χ1v) is 5.62. The van der Waals surface area contributed by atoms with Crippen LogP contribution in [0.3, 0.4) is 0 Å². The molecule has 0 aliphatic carbocycles. The van der Waals surface area contributed by atoms with E-state index in [0.717, 1.165) is 8.96 Å². The van der Waals surface area contributed by atoms with Crippen molar-refractivity contribution in [1.29, 1.82) is 0 Å². The van der Waals surface area contributed by atoms with E-state index in [1.54, 1.807) is 12.1 Å². The number of allylic oxidation sites excluding steroid dienone is 2. The number of halogens is 2. The number of benzene rings is 1. The summed E-state index contributed by atoms with van der Waals surface area (Å²) in [5.74, 6) is 0. The van der Waals surface area contributed by atoms with Crippen LogP contribution in [0, 0.1) is 10.1 Å². The van der Waals surface area contributed by atoms with Crippen molar-refractivity contribution in [2.75, 3.05) is 0 Å². The Bertz CT molecular complexity index is 406. The maximum Gasteiger partial charge on any atom is 0.269 e. The van der Waals surface area contributed by atoms with Crippen LogP contribution >= 0.6 is 31.9 Å². The summed E-state index contributed by atoms with van der Waals surface area (Å²) in [5.41, 5.74) is 1.02. The lowest BCUT2D eigenvalue weighted by Gasteiger charge is -1.92. The molecule has 0 fully saturated rings. The van der Waals surface area contributed by atoms with E-state index in [4.69, 9.17) is 0 Å². The van der Waals surface area contributed by atoms with E-state index in [-0.39, 0.29) is 5.69 Å².